The minimum Gasteiger partial charge on any atom is -0.324 e. The third-order valence-corrected chi connectivity index (χ3v) is 3.58. The van der Waals surface area contributed by atoms with Crippen molar-refractivity contribution in [2.45, 2.75) is 37.3 Å². The summed E-state index contributed by atoms with van der Waals surface area (Å²) < 4.78 is 2.10. The predicted molar refractivity (Wildman–Crippen MR) is 72.0 cm³/mol. The molecule has 0 fully saturated rings. The van der Waals surface area contributed by atoms with Gasteiger partial charge in [0.25, 0.3) is 0 Å². The Kier molecular flexibility index (Phi) is 4.72. The molecule has 5 nitrogen and oxygen atoms in total. The van der Waals surface area contributed by atoms with E-state index in [0.29, 0.717) is 6.54 Å². The van der Waals surface area contributed by atoms with Crippen molar-refractivity contribution < 1.29 is 0 Å². The SMILES string of the molecule is CCCn1c(CN)nnc1SCc1ccncc1. The smallest absolute Gasteiger partial charge is 0.191 e. The summed E-state index contributed by atoms with van der Waals surface area (Å²) in [5, 5.41) is 9.26. The van der Waals surface area contributed by atoms with Gasteiger partial charge in [-0.1, -0.05) is 18.7 Å². The van der Waals surface area contributed by atoms with Crippen molar-refractivity contribution in [2.24, 2.45) is 5.73 Å². The number of pyridine rings is 1. The molecule has 18 heavy (non-hydrogen) atoms. The molecule has 0 bridgehead atoms. The molecule has 0 radical (unpaired) electrons. The summed E-state index contributed by atoms with van der Waals surface area (Å²) in [5.74, 6) is 1.73. The van der Waals surface area contributed by atoms with Gasteiger partial charge in [-0.25, -0.2) is 0 Å². The van der Waals surface area contributed by atoms with Crippen LogP contribution in [0.15, 0.2) is 29.7 Å². The van der Waals surface area contributed by atoms with Gasteiger partial charge < -0.3 is 10.3 Å². The van der Waals surface area contributed by atoms with Crippen LogP contribution in [0.2, 0.25) is 0 Å². The number of aromatic nitrogens is 4. The molecule has 2 heterocycles. The summed E-state index contributed by atoms with van der Waals surface area (Å²) in [4.78, 5) is 4.01. The quantitative estimate of drug-likeness (QED) is 0.805. The number of nitrogens with zero attached hydrogens (tertiary/aromatic N) is 4. The van der Waals surface area contributed by atoms with Gasteiger partial charge in [0.1, 0.15) is 5.82 Å². The number of hydrogen-bond donors (Lipinski definition) is 1. The molecule has 0 saturated heterocycles. The highest BCUT2D eigenvalue weighted by molar-refractivity contribution is 7.98. The number of hydrogen-bond acceptors (Lipinski definition) is 5. The second-order valence-electron chi connectivity index (χ2n) is 3.90. The summed E-state index contributed by atoms with van der Waals surface area (Å²) in [7, 11) is 0. The molecule has 0 aliphatic rings. The van der Waals surface area contributed by atoms with Crippen LogP contribution in [0.3, 0.4) is 0 Å². The Morgan fingerprint density at radius 1 is 1.28 bits per heavy atom. The lowest BCUT2D eigenvalue weighted by Crippen LogP contribution is -2.09. The first-order valence-corrected chi connectivity index (χ1v) is 6.97. The fourth-order valence-electron chi connectivity index (χ4n) is 1.65. The average Bonchev–Trinajstić information content (AvgIpc) is 2.80. The van der Waals surface area contributed by atoms with Crippen LogP contribution in [0.4, 0.5) is 0 Å². The maximum Gasteiger partial charge on any atom is 0.191 e. The third kappa shape index (κ3) is 3.08. The molecule has 0 aromatic carbocycles. The van der Waals surface area contributed by atoms with E-state index < -0.39 is 0 Å². The Morgan fingerprint density at radius 3 is 2.72 bits per heavy atom. The Labute approximate surface area is 111 Å². The summed E-state index contributed by atoms with van der Waals surface area (Å²) in [5.41, 5.74) is 6.89. The van der Waals surface area contributed by atoms with Crippen LogP contribution < -0.4 is 5.73 Å². The number of thioether (sulfide) groups is 1. The van der Waals surface area contributed by atoms with E-state index in [1.165, 1.54) is 5.56 Å². The summed E-state index contributed by atoms with van der Waals surface area (Å²) in [6, 6.07) is 4.02. The minimum absolute atomic E-state index is 0.433. The lowest BCUT2D eigenvalue weighted by molar-refractivity contribution is 0.592. The largest absolute Gasteiger partial charge is 0.324 e. The van der Waals surface area contributed by atoms with Gasteiger partial charge in [-0.3, -0.25) is 4.98 Å². The van der Waals surface area contributed by atoms with Gasteiger partial charge in [0.2, 0.25) is 0 Å². The summed E-state index contributed by atoms with van der Waals surface area (Å²) >= 11 is 1.68. The summed E-state index contributed by atoms with van der Waals surface area (Å²) in [6.07, 6.45) is 4.66. The van der Waals surface area contributed by atoms with Crippen molar-refractivity contribution in [3.63, 3.8) is 0 Å². The van der Waals surface area contributed by atoms with Gasteiger partial charge in [-0.05, 0) is 24.1 Å². The molecule has 6 heteroatoms. The van der Waals surface area contributed by atoms with Crippen molar-refractivity contribution in [2.75, 3.05) is 0 Å². The first-order valence-electron chi connectivity index (χ1n) is 5.99. The van der Waals surface area contributed by atoms with Crippen LogP contribution >= 0.6 is 11.8 Å². The molecule has 0 aliphatic heterocycles. The molecule has 0 spiro atoms. The van der Waals surface area contributed by atoms with Crippen molar-refractivity contribution in [3.05, 3.63) is 35.9 Å². The maximum absolute atomic E-state index is 5.66. The molecule has 0 saturated carbocycles. The van der Waals surface area contributed by atoms with Crippen LogP contribution in [0.1, 0.15) is 24.7 Å². The van der Waals surface area contributed by atoms with Gasteiger partial charge >= 0.3 is 0 Å². The van der Waals surface area contributed by atoms with E-state index in [4.69, 9.17) is 5.73 Å². The van der Waals surface area contributed by atoms with Gasteiger partial charge in [-0.15, -0.1) is 10.2 Å². The van der Waals surface area contributed by atoms with Crippen LogP contribution in [-0.4, -0.2) is 19.7 Å². The second kappa shape index (κ2) is 6.51. The Bertz CT molecular complexity index is 482. The number of nitrogens with two attached hydrogens (primary N) is 1. The van der Waals surface area contributed by atoms with Crippen LogP contribution in [0.5, 0.6) is 0 Å². The normalized spacial score (nSPS) is 10.8. The molecule has 0 atom stereocenters. The van der Waals surface area contributed by atoms with E-state index in [0.717, 1.165) is 29.7 Å². The maximum atomic E-state index is 5.66. The minimum atomic E-state index is 0.433. The van der Waals surface area contributed by atoms with Crippen molar-refractivity contribution in [3.8, 4) is 0 Å². The van der Waals surface area contributed by atoms with E-state index in [1.54, 1.807) is 24.2 Å². The topological polar surface area (TPSA) is 69.6 Å². The first kappa shape index (κ1) is 13.0. The van der Waals surface area contributed by atoms with Crippen LogP contribution in [0.25, 0.3) is 0 Å². The Balaban J connectivity index is 2.07. The zero-order valence-electron chi connectivity index (χ0n) is 10.4. The van der Waals surface area contributed by atoms with Crippen molar-refractivity contribution >= 4 is 11.8 Å². The van der Waals surface area contributed by atoms with E-state index in [-0.39, 0.29) is 0 Å². The van der Waals surface area contributed by atoms with E-state index in [9.17, 15) is 0 Å². The number of rotatable bonds is 6. The molecule has 2 aromatic rings. The highest BCUT2D eigenvalue weighted by Gasteiger charge is 2.10. The zero-order chi connectivity index (χ0) is 12.8. The molecule has 2 N–H and O–H groups in total. The van der Waals surface area contributed by atoms with Gasteiger partial charge in [0, 0.05) is 24.7 Å². The standard InChI is InChI=1S/C12H17N5S/c1-2-7-17-11(8-13)15-16-12(17)18-9-10-3-5-14-6-4-10/h3-6H,2,7-9,13H2,1H3. The van der Waals surface area contributed by atoms with E-state index in [2.05, 4.69) is 26.7 Å². The average molecular weight is 263 g/mol. The molecule has 2 rings (SSSR count). The van der Waals surface area contributed by atoms with Crippen LogP contribution in [0, 0.1) is 0 Å². The fourth-order valence-corrected chi connectivity index (χ4v) is 2.59. The molecular weight excluding hydrogens is 246 g/mol. The van der Waals surface area contributed by atoms with Gasteiger partial charge in [0.05, 0.1) is 6.54 Å². The van der Waals surface area contributed by atoms with Gasteiger partial charge in [-0.2, -0.15) is 0 Å². The predicted octanol–water partition coefficient (Wildman–Crippen LogP) is 1.83. The molecule has 0 amide bonds. The fraction of sp³-hybridized carbons (Fsp3) is 0.417. The molecular formula is C12H17N5S. The lowest BCUT2D eigenvalue weighted by atomic mass is 10.3. The zero-order valence-corrected chi connectivity index (χ0v) is 11.2. The van der Waals surface area contributed by atoms with E-state index >= 15 is 0 Å². The second-order valence-corrected chi connectivity index (χ2v) is 4.84. The monoisotopic (exact) mass is 263 g/mol. The highest BCUT2D eigenvalue weighted by atomic mass is 32.2. The van der Waals surface area contributed by atoms with Gasteiger partial charge in [0.15, 0.2) is 5.16 Å². The summed E-state index contributed by atoms with van der Waals surface area (Å²) in [6.45, 7) is 3.48. The first-order chi connectivity index (χ1) is 8.85. The molecule has 0 aliphatic carbocycles. The lowest BCUT2D eigenvalue weighted by Gasteiger charge is -2.07. The van der Waals surface area contributed by atoms with Crippen LogP contribution in [-0.2, 0) is 18.8 Å². The molecule has 2 aromatic heterocycles. The molecule has 0 unspecified atom stereocenters. The Morgan fingerprint density at radius 2 is 2.06 bits per heavy atom. The van der Waals surface area contributed by atoms with E-state index in [1.807, 2.05) is 12.1 Å². The molecule has 96 valence electrons. The van der Waals surface area contributed by atoms with Crippen molar-refractivity contribution in [1.29, 1.82) is 0 Å². The highest BCUT2D eigenvalue weighted by Crippen LogP contribution is 2.21. The third-order valence-electron chi connectivity index (χ3n) is 2.54. The Hall–Kier alpha value is -1.40. The van der Waals surface area contributed by atoms with Crippen molar-refractivity contribution in [1.82, 2.24) is 19.7 Å².